The van der Waals surface area contributed by atoms with E-state index in [4.69, 9.17) is 5.11 Å². The summed E-state index contributed by atoms with van der Waals surface area (Å²) in [6, 6.07) is 0. The predicted octanol–water partition coefficient (Wildman–Crippen LogP) is -0.276. The number of fused-ring (bicyclic) bond motifs is 1. The highest BCUT2D eigenvalue weighted by atomic mass is 32.2. The Labute approximate surface area is 92.5 Å². The van der Waals surface area contributed by atoms with Crippen LogP contribution in [0.25, 0.3) is 0 Å². The SMILES string of the molecule is O=C(O)C1=C2CCCCN2C(=O)CS1(=O)=O. The molecule has 6 nitrogen and oxygen atoms in total. The highest BCUT2D eigenvalue weighted by Gasteiger charge is 2.41. The molecule has 0 spiro atoms. The quantitative estimate of drug-likeness (QED) is 0.686. The summed E-state index contributed by atoms with van der Waals surface area (Å²) in [5.41, 5.74) is 0.162. The maximum Gasteiger partial charge on any atom is 0.349 e. The zero-order valence-corrected chi connectivity index (χ0v) is 9.29. The highest BCUT2D eigenvalue weighted by Crippen LogP contribution is 2.30. The van der Waals surface area contributed by atoms with Crippen LogP contribution in [0.5, 0.6) is 0 Å². The molecule has 0 unspecified atom stereocenters. The number of amides is 1. The van der Waals surface area contributed by atoms with Crippen molar-refractivity contribution in [2.45, 2.75) is 19.3 Å². The van der Waals surface area contributed by atoms with Gasteiger partial charge in [-0.05, 0) is 19.3 Å². The second kappa shape index (κ2) is 3.58. The molecular weight excluding hydrogens is 234 g/mol. The molecule has 2 rings (SSSR count). The second-order valence-corrected chi connectivity index (χ2v) is 5.77. The van der Waals surface area contributed by atoms with Gasteiger partial charge in [0.25, 0.3) is 0 Å². The van der Waals surface area contributed by atoms with Crippen LogP contribution in [0.3, 0.4) is 0 Å². The van der Waals surface area contributed by atoms with Gasteiger partial charge < -0.3 is 10.0 Å². The monoisotopic (exact) mass is 245 g/mol. The summed E-state index contributed by atoms with van der Waals surface area (Å²) >= 11 is 0. The number of carboxylic acid groups (broad SMARTS) is 1. The van der Waals surface area contributed by atoms with E-state index in [9.17, 15) is 18.0 Å². The number of carbonyl (C=O) groups is 2. The maximum atomic E-state index is 11.6. The van der Waals surface area contributed by atoms with Crippen molar-refractivity contribution in [2.75, 3.05) is 12.3 Å². The van der Waals surface area contributed by atoms with Crippen molar-refractivity contribution in [3.63, 3.8) is 0 Å². The van der Waals surface area contributed by atoms with Crippen LogP contribution in [0, 0.1) is 0 Å². The summed E-state index contributed by atoms with van der Waals surface area (Å²) in [6.07, 6.45) is 1.83. The van der Waals surface area contributed by atoms with Gasteiger partial charge in [-0.2, -0.15) is 0 Å². The van der Waals surface area contributed by atoms with Crippen molar-refractivity contribution in [2.24, 2.45) is 0 Å². The minimum absolute atomic E-state index is 0.162. The lowest BCUT2D eigenvalue weighted by molar-refractivity contribution is -0.132. The van der Waals surface area contributed by atoms with E-state index < -0.39 is 32.4 Å². The van der Waals surface area contributed by atoms with Crippen molar-refractivity contribution in [1.82, 2.24) is 4.90 Å². The first-order valence-electron chi connectivity index (χ1n) is 4.93. The molecule has 0 radical (unpaired) electrons. The summed E-state index contributed by atoms with van der Waals surface area (Å²) in [5.74, 6) is -2.70. The molecule has 1 N–H and O–H groups in total. The Morgan fingerprint density at radius 3 is 2.62 bits per heavy atom. The van der Waals surface area contributed by atoms with Gasteiger partial charge in [0.15, 0.2) is 14.7 Å². The smallest absolute Gasteiger partial charge is 0.349 e. The highest BCUT2D eigenvalue weighted by molar-refractivity contribution is 7.96. The number of aliphatic carboxylic acids is 1. The lowest BCUT2D eigenvalue weighted by Crippen LogP contribution is -2.44. The van der Waals surface area contributed by atoms with Gasteiger partial charge in [0.2, 0.25) is 5.91 Å². The zero-order chi connectivity index (χ0) is 11.9. The number of carboxylic acids is 1. The van der Waals surface area contributed by atoms with Gasteiger partial charge >= 0.3 is 5.97 Å². The van der Waals surface area contributed by atoms with Gasteiger partial charge in [-0.25, -0.2) is 13.2 Å². The lowest BCUT2D eigenvalue weighted by atomic mass is 10.1. The van der Waals surface area contributed by atoms with Crippen LogP contribution in [0.4, 0.5) is 0 Å². The number of hydrogen-bond donors (Lipinski definition) is 1. The molecule has 1 fully saturated rings. The fourth-order valence-electron chi connectivity index (χ4n) is 2.09. The van der Waals surface area contributed by atoms with Crippen LogP contribution in [0.15, 0.2) is 10.6 Å². The molecule has 2 heterocycles. The standard InChI is InChI=1S/C9H11NO5S/c11-7-5-16(14,15)8(9(12)13)6-3-1-2-4-10(6)7/h1-5H2,(H,12,13). The van der Waals surface area contributed by atoms with Crippen molar-refractivity contribution in [1.29, 1.82) is 0 Å². The van der Waals surface area contributed by atoms with Crippen LogP contribution in [-0.2, 0) is 19.4 Å². The average Bonchev–Trinajstić information content (AvgIpc) is 2.15. The Bertz CT molecular complexity index is 490. The van der Waals surface area contributed by atoms with Crippen LogP contribution >= 0.6 is 0 Å². The fraction of sp³-hybridized carbons (Fsp3) is 0.556. The van der Waals surface area contributed by atoms with Crippen molar-refractivity contribution >= 4 is 21.7 Å². The molecule has 7 heteroatoms. The molecule has 0 saturated carbocycles. The van der Waals surface area contributed by atoms with E-state index in [1.807, 2.05) is 0 Å². The molecule has 0 aromatic heterocycles. The van der Waals surface area contributed by atoms with E-state index in [0.717, 1.165) is 6.42 Å². The minimum Gasteiger partial charge on any atom is -0.477 e. The van der Waals surface area contributed by atoms with Gasteiger partial charge in [0.05, 0.1) is 0 Å². The largest absolute Gasteiger partial charge is 0.477 e. The lowest BCUT2D eigenvalue weighted by Gasteiger charge is -2.33. The summed E-state index contributed by atoms with van der Waals surface area (Å²) in [5, 5.41) is 8.92. The fourth-order valence-corrected chi connectivity index (χ4v) is 3.55. The molecule has 0 aliphatic carbocycles. The molecular formula is C9H11NO5S. The van der Waals surface area contributed by atoms with Crippen molar-refractivity contribution in [3.05, 3.63) is 10.6 Å². The third-order valence-electron chi connectivity index (χ3n) is 2.75. The Kier molecular flexibility index (Phi) is 2.49. The zero-order valence-electron chi connectivity index (χ0n) is 8.47. The number of carbonyl (C=O) groups excluding carboxylic acids is 1. The average molecular weight is 245 g/mol. The topological polar surface area (TPSA) is 91.8 Å². The molecule has 2 aliphatic rings. The van der Waals surface area contributed by atoms with Gasteiger partial charge in [-0.15, -0.1) is 0 Å². The number of rotatable bonds is 1. The molecule has 1 saturated heterocycles. The molecule has 0 atom stereocenters. The molecule has 1 amide bonds. The number of hydrogen-bond acceptors (Lipinski definition) is 4. The molecule has 88 valence electrons. The first-order valence-corrected chi connectivity index (χ1v) is 6.58. The summed E-state index contributed by atoms with van der Waals surface area (Å²) in [6.45, 7) is 0.417. The van der Waals surface area contributed by atoms with Gasteiger partial charge in [-0.3, -0.25) is 4.79 Å². The second-order valence-electron chi connectivity index (χ2n) is 3.84. The molecule has 0 aromatic carbocycles. The number of allylic oxidation sites excluding steroid dienone is 1. The van der Waals surface area contributed by atoms with Crippen molar-refractivity contribution < 1.29 is 23.1 Å². The molecule has 2 aliphatic heterocycles. The summed E-state index contributed by atoms with van der Waals surface area (Å²) < 4.78 is 23.2. The van der Waals surface area contributed by atoms with Crippen molar-refractivity contribution in [3.8, 4) is 0 Å². The van der Waals surface area contributed by atoms with Gasteiger partial charge in [-0.1, -0.05) is 0 Å². The third-order valence-corrected chi connectivity index (χ3v) is 4.41. The van der Waals surface area contributed by atoms with E-state index in [2.05, 4.69) is 0 Å². The molecule has 16 heavy (non-hydrogen) atoms. The number of piperidine rings is 1. The Balaban J connectivity index is 2.62. The first-order chi connectivity index (χ1) is 7.43. The van der Waals surface area contributed by atoms with Crippen LogP contribution in [0.1, 0.15) is 19.3 Å². The first kappa shape index (κ1) is 11.1. The molecule has 0 bridgehead atoms. The number of nitrogens with zero attached hydrogens (tertiary/aromatic N) is 1. The Morgan fingerprint density at radius 1 is 1.31 bits per heavy atom. The van der Waals surface area contributed by atoms with E-state index in [1.165, 1.54) is 4.90 Å². The summed E-state index contributed by atoms with van der Waals surface area (Å²) in [4.78, 5) is 23.2. The Hall–Kier alpha value is -1.37. The van der Waals surface area contributed by atoms with E-state index in [-0.39, 0.29) is 5.70 Å². The van der Waals surface area contributed by atoms with Crippen LogP contribution in [0.2, 0.25) is 0 Å². The van der Waals surface area contributed by atoms with Gasteiger partial charge in [0.1, 0.15) is 5.75 Å². The maximum absolute atomic E-state index is 11.6. The van der Waals surface area contributed by atoms with Gasteiger partial charge in [0, 0.05) is 12.2 Å². The predicted molar refractivity (Wildman–Crippen MR) is 54.0 cm³/mol. The Morgan fingerprint density at radius 2 is 2.00 bits per heavy atom. The van der Waals surface area contributed by atoms with Crippen LogP contribution < -0.4 is 0 Å². The minimum atomic E-state index is -3.95. The van der Waals surface area contributed by atoms with Crippen LogP contribution in [-0.4, -0.2) is 42.6 Å². The van der Waals surface area contributed by atoms with E-state index in [0.29, 0.717) is 19.4 Å². The normalized spacial score (nSPS) is 24.2. The van der Waals surface area contributed by atoms with E-state index >= 15 is 0 Å². The molecule has 0 aromatic rings. The third kappa shape index (κ3) is 1.60. The van der Waals surface area contributed by atoms with E-state index in [1.54, 1.807) is 0 Å². The summed E-state index contributed by atoms with van der Waals surface area (Å²) in [7, 11) is -3.95. The number of sulfone groups is 1.